The molecule has 1 heterocycles. The second-order valence-corrected chi connectivity index (χ2v) is 6.42. The van der Waals surface area contributed by atoms with E-state index in [9.17, 15) is 0 Å². The highest BCUT2D eigenvalue weighted by Gasteiger charge is 2.45. The molecular weight excluding hydrogens is 318 g/mol. The molecule has 0 fully saturated rings. The molecule has 0 aliphatic carbocycles. The molecule has 0 saturated carbocycles. The lowest BCUT2D eigenvalue weighted by molar-refractivity contribution is -0.110. The van der Waals surface area contributed by atoms with Crippen LogP contribution in [0.15, 0.2) is 96.2 Å². The van der Waals surface area contributed by atoms with Crippen LogP contribution in [0.5, 0.6) is 5.75 Å². The van der Waals surface area contributed by atoms with E-state index < -0.39 is 5.12 Å². The van der Waals surface area contributed by atoms with Gasteiger partial charge in [0.2, 0.25) is 0 Å². The van der Waals surface area contributed by atoms with Crippen LogP contribution in [0.25, 0.3) is 0 Å². The minimum absolute atomic E-state index is 0.735. The zero-order valence-corrected chi connectivity index (χ0v) is 13.6. The first-order chi connectivity index (χ1) is 11.9. The molecule has 0 aromatic heterocycles. The molecule has 24 heavy (non-hydrogen) atoms. The number of oxime groups is 1. The van der Waals surface area contributed by atoms with Gasteiger partial charge in [-0.1, -0.05) is 84.0 Å². The smallest absolute Gasteiger partial charge is 0.358 e. The number of thioether (sulfide) groups is 1. The highest BCUT2D eigenvalue weighted by atomic mass is 32.2. The number of rotatable bonds is 4. The summed E-state index contributed by atoms with van der Waals surface area (Å²) in [7, 11) is 0. The van der Waals surface area contributed by atoms with Crippen LogP contribution in [-0.4, -0.2) is 5.04 Å². The molecular formula is C20H15NO2S. The molecule has 0 radical (unpaired) electrons. The summed E-state index contributed by atoms with van der Waals surface area (Å²) < 4.78 is 6.23. The predicted molar refractivity (Wildman–Crippen MR) is 96.8 cm³/mol. The van der Waals surface area contributed by atoms with Crippen molar-refractivity contribution in [1.29, 1.82) is 0 Å². The average Bonchev–Trinajstić information content (AvgIpc) is 3.09. The first kappa shape index (κ1) is 14.8. The number of hydrogen-bond donors (Lipinski definition) is 0. The molecule has 3 aromatic rings. The minimum atomic E-state index is -1.02. The topological polar surface area (TPSA) is 30.8 Å². The molecule has 118 valence electrons. The number of ether oxygens (including phenoxy) is 1. The van der Waals surface area contributed by atoms with Crippen LogP contribution >= 0.6 is 11.8 Å². The summed E-state index contributed by atoms with van der Waals surface area (Å²) >= 11 is 1.46. The van der Waals surface area contributed by atoms with Crippen LogP contribution in [-0.2, 0) is 9.96 Å². The molecule has 1 unspecified atom stereocenters. The third kappa shape index (κ3) is 2.88. The summed E-state index contributed by atoms with van der Waals surface area (Å²) in [6.07, 6.45) is 0. The molecule has 4 heteroatoms. The zero-order valence-electron chi connectivity index (χ0n) is 12.8. The van der Waals surface area contributed by atoms with Crippen LogP contribution in [0.1, 0.15) is 11.1 Å². The van der Waals surface area contributed by atoms with Crippen molar-refractivity contribution in [3.05, 3.63) is 102 Å². The SMILES string of the molecule is c1ccc(OC2(c3ccccc3)ON=C(c3ccccc3)S2)cc1. The largest absolute Gasteiger partial charge is 0.438 e. The van der Waals surface area contributed by atoms with Gasteiger partial charge in [0.15, 0.2) is 5.04 Å². The molecule has 0 N–H and O–H groups in total. The fraction of sp³-hybridized carbons (Fsp3) is 0.0500. The Bertz CT molecular complexity index is 837. The van der Waals surface area contributed by atoms with Gasteiger partial charge in [0.1, 0.15) is 5.75 Å². The van der Waals surface area contributed by atoms with Crippen LogP contribution in [0.2, 0.25) is 0 Å². The highest BCUT2D eigenvalue weighted by Crippen LogP contribution is 2.46. The van der Waals surface area contributed by atoms with Crippen molar-refractivity contribution in [2.24, 2.45) is 5.16 Å². The third-order valence-corrected chi connectivity index (χ3v) is 4.79. The molecule has 3 aromatic carbocycles. The fourth-order valence-corrected chi connectivity index (χ4v) is 3.50. The van der Waals surface area contributed by atoms with Gasteiger partial charge in [-0.2, -0.15) is 0 Å². The molecule has 0 bridgehead atoms. The van der Waals surface area contributed by atoms with E-state index in [2.05, 4.69) is 5.16 Å². The van der Waals surface area contributed by atoms with E-state index in [-0.39, 0.29) is 0 Å². The van der Waals surface area contributed by atoms with Crippen LogP contribution in [0, 0.1) is 0 Å². The molecule has 0 amide bonds. The normalized spacial score (nSPS) is 19.4. The van der Waals surface area contributed by atoms with Gasteiger partial charge in [0.05, 0.1) is 5.56 Å². The van der Waals surface area contributed by atoms with Crippen molar-refractivity contribution in [3.8, 4) is 5.75 Å². The first-order valence-corrected chi connectivity index (χ1v) is 8.48. The Hall–Kier alpha value is -2.72. The summed E-state index contributed by atoms with van der Waals surface area (Å²) in [5.41, 5.74) is 1.92. The van der Waals surface area contributed by atoms with Gasteiger partial charge in [-0.3, -0.25) is 0 Å². The Morgan fingerprint density at radius 2 is 1.33 bits per heavy atom. The molecule has 1 atom stereocenters. The maximum atomic E-state index is 6.23. The Labute approximate surface area is 144 Å². The standard InChI is InChI=1S/C20H15NO2S/c1-4-10-16(11-5-1)19-21-23-20(24-19,17-12-6-2-7-13-17)22-18-14-8-3-9-15-18/h1-15H. The second-order valence-electron chi connectivity index (χ2n) is 5.29. The van der Waals surface area contributed by atoms with Gasteiger partial charge in [0, 0.05) is 5.56 Å². The van der Waals surface area contributed by atoms with Crippen LogP contribution in [0.4, 0.5) is 0 Å². The molecule has 1 aliphatic heterocycles. The lowest BCUT2D eigenvalue weighted by Crippen LogP contribution is -2.29. The van der Waals surface area contributed by atoms with E-state index in [1.54, 1.807) is 0 Å². The summed E-state index contributed by atoms with van der Waals surface area (Å²) in [5, 5.41) is 4.07. The maximum Gasteiger partial charge on any atom is 0.358 e. The van der Waals surface area contributed by atoms with E-state index in [4.69, 9.17) is 9.57 Å². The Balaban J connectivity index is 1.69. The second kappa shape index (κ2) is 6.42. The number of para-hydroxylation sites is 1. The lowest BCUT2D eigenvalue weighted by atomic mass is 10.2. The van der Waals surface area contributed by atoms with Crippen molar-refractivity contribution in [2.45, 2.75) is 5.12 Å². The fourth-order valence-electron chi connectivity index (χ4n) is 2.45. The van der Waals surface area contributed by atoms with Gasteiger partial charge in [-0.25, -0.2) is 0 Å². The summed E-state index contributed by atoms with van der Waals surface area (Å²) in [5.74, 6) is 0.735. The monoisotopic (exact) mass is 333 g/mol. The maximum absolute atomic E-state index is 6.23. The van der Waals surface area contributed by atoms with Gasteiger partial charge in [-0.15, -0.1) is 0 Å². The Kier molecular flexibility index (Phi) is 3.97. The number of hydrogen-bond acceptors (Lipinski definition) is 4. The van der Waals surface area contributed by atoms with E-state index in [1.807, 2.05) is 91.0 Å². The summed E-state index contributed by atoms with van der Waals surface area (Å²) in [4.78, 5) is 5.83. The molecule has 0 spiro atoms. The van der Waals surface area contributed by atoms with Gasteiger partial charge >= 0.3 is 5.12 Å². The highest BCUT2D eigenvalue weighted by molar-refractivity contribution is 8.15. The number of nitrogens with zero attached hydrogens (tertiary/aromatic N) is 1. The Morgan fingerprint density at radius 1 is 0.750 bits per heavy atom. The van der Waals surface area contributed by atoms with Crippen molar-refractivity contribution in [2.75, 3.05) is 0 Å². The van der Waals surface area contributed by atoms with Crippen molar-refractivity contribution in [3.63, 3.8) is 0 Å². The van der Waals surface area contributed by atoms with Gasteiger partial charge in [0.25, 0.3) is 0 Å². The van der Waals surface area contributed by atoms with E-state index in [1.165, 1.54) is 11.8 Å². The van der Waals surface area contributed by atoms with Gasteiger partial charge < -0.3 is 9.57 Å². The third-order valence-electron chi connectivity index (χ3n) is 3.62. The Morgan fingerprint density at radius 3 is 2.00 bits per heavy atom. The molecule has 1 aliphatic rings. The van der Waals surface area contributed by atoms with Crippen LogP contribution in [0.3, 0.4) is 0 Å². The van der Waals surface area contributed by atoms with E-state index >= 15 is 0 Å². The van der Waals surface area contributed by atoms with Crippen molar-refractivity contribution < 1.29 is 9.57 Å². The molecule has 3 nitrogen and oxygen atoms in total. The average molecular weight is 333 g/mol. The summed E-state index contributed by atoms with van der Waals surface area (Å²) in [6.45, 7) is 0. The van der Waals surface area contributed by atoms with Crippen molar-refractivity contribution >= 4 is 16.8 Å². The predicted octanol–water partition coefficient (Wildman–Crippen LogP) is 5.00. The van der Waals surface area contributed by atoms with Crippen molar-refractivity contribution in [1.82, 2.24) is 0 Å². The van der Waals surface area contributed by atoms with Gasteiger partial charge in [-0.05, 0) is 23.9 Å². The minimum Gasteiger partial charge on any atom is -0.438 e. The first-order valence-electron chi connectivity index (χ1n) is 7.66. The molecule has 4 rings (SSSR count). The van der Waals surface area contributed by atoms with E-state index in [0.29, 0.717) is 0 Å². The quantitative estimate of drug-likeness (QED) is 0.673. The van der Waals surface area contributed by atoms with Crippen LogP contribution < -0.4 is 4.74 Å². The van der Waals surface area contributed by atoms with E-state index in [0.717, 1.165) is 21.9 Å². The zero-order chi connectivity index (χ0) is 16.2. The summed E-state index contributed by atoms with van der Waals surface area (Å²) in [6, 6.07) is 29.5. The molecule has 0 saturated heterocycles. The lowest BCUT2D eigenvalue weighted by Gasteiger charge is -2.26. The number of benzene rings is 3.